The molecule has 2 heterocycles. The van der Waals surface area contributed by atoms with Crippen LogP contribution in [0.25, 0.3) is 16.6 Å². The first-order valence-corrected chi connectivity index (χ1v) is 7.50. The lowest BCUT2D eigenvalue weighted by Gasteiger charge is -2.06. The molecule has 1 aliphatic carbocycles. The first-order valence-electron chi connectivity index (χ1n) is 7.12. The number of aromatic nitrogens is 3. The molecule has 0 aliphatic heterocycles. The molecule has 4 rings (SSSR count). The summed E-state index contributed by atoms with van der Waals surface area (Å²) in [7, 11) is 0. The van der Waals surface area contributed by atoms with E-state index in [1.165, 1.54) is 12.8 Å². The number of aryl methyl sites for hydroxylation is 1. The van der Waals surface area contributed by atoms with Crippen molar-refractivity contribution in [3.63, 3.8) is 0 Å². The van der Waals surface area contributed by atoms with Crippen LogP contribution in [0, 0.1) is 18.7 Å². The van der Waals surface area contributed by atoms with Gasteiger partial charge in [-0.2, -0.15) is 5.10 Å². The quantitative estimate of drug-likeness (QED) is 0.706. The number of hydrogen-bond donors (Lipinski definition) is 0. The molecule has 1 aromatic carbocycles. The highest BCUT2D eigenvalue weighted by molar-refractivity contribution is 6.31. The molecule has 0 bridgehead atoms. The van der Waals surface area contributed by atoms with Gasteiger partial charge in [-0.3, -0.25) is 4.68 Å². The molecule has 0 unspecified atom stereocenters. The van der Waals surface area contributed by atoms with Gasteiger partial charge < -0.3 is 4.57 Å². The fourth-order valence-corrected chi connectivity index (χ4v) is 2.98. The Labute approximate surface area is 126 Å². The van der Waals surface area contributed by atoms with Crippen molar-refractivity contribution in [3.05, 3.63) is 47.1 Å². The summed E-state index contributed by atoms with van der Waals surface area (Å²) in [5.41, 5.74) is 2.37. The summed E-state index contributed by atoms with van der Waals surface area (Å²) >= 11 is 5.93. The van der Waals surface area contributed by atoms with E-state index in [1.807, 2.05) is 34.5 Å². The summed E-state index contributed by atoms with van der Waals surface area (Å²) in [4.78, 5) is 0. The van der Waals surface area contributed by atoms with Crippen LogP contribution in [-0.4, -0.2) is 14.3 Å². The van der Waals surface area contributed by atoms with Crippen LogP contribution in [0.4, 0.5) is 4.39 Å². The topological polar surface area (TPSA) is 22.8 Å². The third-order valence-electron chi connectivity index (χ3n) is 4.06. The van der Waals surface area contributed by atoms with E-state index in [9.17, 15) is 4.39 Å². The monoisotopic (exact) mass is 303 g/mol. The number of rotatable bonds is 3. The second-order valence-corrected chi connectivity index (χ2v) is 6.19. The molecule has 2 aromatic heterocycles. The van der Waals surface area contributed by atoms with Gasteiger partial charge in [-0.1, -0.05) is 17.7 Å². The third kappa shape index (κ3) is 2.14. The summed E-state index contributed by atoms with van der Waals surface area (Å²) in [6.45, 7) is 2.91. The van der Waals surface area contributed by atoms with Gasteiger partial charge >= 0.3 is 0 Å². The van der Waals surface area contributed by atoms with Gasteiger partial charge in [0.2, 0.25) is 0 Å². The van der Waals surface area contributed by atoms with Gasteiger partial charge in [-0.25, -0.2) is 4.39 Å². The molecule has 0 radical (unpaired) electrons. The van der Waals surface area contributed by atoms with E-state index in [4.69, 9.17) is 11.6 Å². The average Bonchev–Trinajstić information content (AvgIpc) is 3.03. The Hall–Kier alpha value is -1.81. The van der Waals surface area contributed by atoms with Crippen LogP contribution in [0.15, 0.2) is 30.6 Å². The summed E-state index contributed by atoms with van der Waals surface area (Å²) in [6.07, 6.45) is 6.33. The number of halogens is 2. The van der Waals surface area contributed by atoms with Crippen LogP contribution in [0.1, 0.15) is 18.5 Å². The maximum atomic E-state index is 14.4. The number of nitrogens with zero attached hydrogens (tertiary/aromatic N) is 3. The number of hydrogen-bond acceptors (Lipinski definition) is 1. The second kappa shape index (κ2) is 4.60. The standard InChI is InChI=1S/C16H15ClFN3/c1-10-6-12-4-5-14(17)15(18)16(12)21(10)13-7-19-20(9-13)8-11-2-3-11/h4-7,9,11H,2-3,8H2,1H3. The molecule has 108 valence electrons. The van der Waals surface area contributed by atoms with E-state index in [0.717, 1.165) is 29.2 Å². The summed E-state index contributed by atoms with van der Waals surface area (Å²) in [5, 5.41) is 5.39. The highest BCUT2D eigenvalue weighted by Gasteiger charge is 2.22. The van der Waals surface area contributed by atoms with Gasteiger partial charge in [0.05, 0.1) is 22.4 Å². The molecular formula is C16H15ClFN3. The Morgan fingerprint density at radius 2 is 2.19 bits per heavy atom. The predicted octanol–water partition coefficient (Wildman–Crippen LogP) is 4.34. The van der Waals surface area contributed by atoms with Crippen LogP contribution >= 0.6 is 11.6 Å². The van der Waals surface area contributed by atoms with Crippen molar-refractivity contribution in [1.82, 2.24) is 14.3 Å². The maximum Gasteiger partial charge on any atom is 0.166 e. The van der Waals surface area contributed by atoms with Gasteiger partial charge in [0.25, 0.3) is 0 Å². The minimum atomic E-state index is -0.378. The predicted molar refractivity (Wildman–Crippen MR) is 81.5 cm³/mol. The van der Waals surface area contributed by atoms with Crippen molar-refractivity contribution in [3.8, 4) is 5.69 Å². The van der Waals surface area contributed by atoms with Crippen molar-refractivity contribution in [2.45, 2.75) is 26.3 Å². The molecule has 21 heavy (non-hydrogen) atoms. The zero-order valence-electron chi connectivity index (χ0n) is 11.7. The maximum absolute atomic E-state index is 14.4. The lowest BCUT2D eigenvalue weighted by Crippen LogP contribution is -2.00. The van der Waals surface area contributed by atoms with Crippen LogP contribution in [0.3, 0.4) is 0 Å². The van der Waals surface area contributed by atoms with E-state index in [1.54, 1.807) is 12.3 Å². The smallest absolute Gasteiger partial charge is 0.166 e. The number of fused-ring (bicyclic) bond motifs is 1. The molecule has 3 nitrogen and oxygen atoms in total. The van der Waals surface area contributed by atoms with Crippen molar-refractivity contribution in [2.24, 2.45) is 5.92 Å². The van der Waals surface area contributed by atoms with Gasteiger partial charge in [0.1, 0.15) is 0 Å². The van der Waals surface area contributed by atoms with E-state index in [0.29, 0.717) is 5.52 Å². The van der Waals surface area contributed by atoms with E-state index in [2.05, 4.69) is 5.10 Å². The second-order valence-electron chi connectivity index (χ2n) is 5.78. The summed E-state index contributed by atoms with van der Waals surface area (Å²) < 4.78 is 18.2. The highest BCUT2D eigenvalue weighted by atomic mass is 35.5. The molecule has 1 saturated carbocycles. The normalized spacial score (nSPS) is 15.0. The van der Waals surface area contributed by atoms with Gasteiger partial charge in [0.15, 0.2) is 5.82 Å². The van der Waals surface area contributed by atoms with E-state index >= 15 is 0 Å². The van der Waals surface area contributed by atoms with Crippen LogP contribution < -0.4 is 0 Å². The highest BCUT2D eigenvalue weighted by Crippen LogP contribution is 2.32. The molecular weight excluding hydrogens is 289 g/mol. The fraction of sp³-hybridized carbons (Fsp3) is 0.312. The lowest BCUT2D eigenvalue weighted by atomic mass is 10.2. The zero-order valence-corrected chi connectivity index (χ0v) is 12.4. The Bertz CT molecular complexity index is 830. The minimum Gasteiger partial charge on any atom is -0.308 e. The first-order chi connectivity index (χ1) is 10.1. The van der Waals surface area contributed by atoms with E-state index < -0.39 is 0 Å². The van der Waals surface area contributed by atoms with Crippen LogP contribution in [0.2, 0.25) is 5.02 Å². The Balaban J connectivity index is 1.86. The fourth-order valence-electron chi connectivity index (χ4n) is 2.83. The molecule has 1 aliphatic rings. The lowest BCUT2D eigenvalue weighted by molar-refractivity contribution is 0.563. The van der Waals surface area contributed by atoms with Crippen LogP contribution in [0.5, 0.6) is 0 Å². The van der Waals surface area contributed by atoms with Crippen LogP contribution in [-0.2, 0) is 6.54 Å². The average molecular weight is 304 g/mol. The van der Waals surface area contributed by atoms with Crippen molar-refractivity contribution in [1.29, 1.82) is 0 Å². The largest absolute Gasteiger partial charge is 0.308 e. The van der Waals surface area contributed by atoms with E-state index in [-0.39, 0.29) is 10.8 Å². The molecule has 5 heteroatoms. The number of benzene rings is 1. The molecule has 0 atom stereocenters. The molecule has 0 spiro atoms. The molecule has 0 amide bonds. The molecule has 0 saturated heterocycles. The molecule has 0 N–H and O–H groups in total. The zero-order chi connectivity index (χ0) is 14.6. The third-order valence-corrected chi connectivity index (χ3v) is 4.35. The van der Waals surface area contributed by atoms with Gasteiger partial charge in [-0.15, -0.1) is 0 Å². The van der Waals surface area contributed by atoms with Gasteiger partial charge in [-0.05, 0) is 37.8 Å². The van der Waals surface area contributed by atoms with Gasteiger partial charge in [0, 0.05) is 23.8 Å². The molecule has 1 fully saturated rings. The molecule has 3 aromatic rings. The van der Waals surface area contributed by atoms with Crippen molar-refractivity contribution < 1.29 is 4.39 Å². The Kier molecular flexibility index (Phi) is 2.82. The van der Waals surface area contributed by atoms with Crippen molar-refractivity contribution >= 4 is 22.5 Å². The van der Waals surface area contributed by atoms with Crippen molar-refractivity contribution in [2.75, 3.05) is 0 Å². The summed E-state index contributed by atoms with van der Waals surface area (Å²) in [5.74, 6) is 0.378. The minimum absolute atomic E-state index is 0.146. The summed E-state index contributed by atoms with van der Waals surface area (Å²) in [6, 6.07) is 5.41. The Morgan fingerprint density at radius 1 is 1.38 bits per heavy atom. The first kappa shape index (κ1) is 12.9. The SMILES string of the molecule is Cc1cc2ccc(Cl)c(F)c2n1-c1cnn(CC2CC2)c1. The Morgan fingerprint density at radius 3 is 2.95 bits per heavy atom.